The molecule has 2 aromatic rings. The van der Waals surface area contributed by atoms with E-state index in [1.165, 1.54) is 12.1 Å². The lowest BCUT2D eigenvalue weighted by atomic mass is 9.88. The normalized spacial score (nSPS) is 20.3. The molecule has 1 N–H and O–H groups in total. The second-order valence-corrected chi connectivity index (χ2v) is 16.7. The van der Waals surface area contributed by atoms with Crippen LogP contribution in [0.4, 0.5) is 9.18 Å². The fourth-order valence-corrected chi connectivity index (χ4v) is 5.83. The summed E-state index contributed by atoms with van der Waals surface area (Å²) in [6.45, 7) is 16.0. The van der Waals surface area contributed by atoms with Gasteiger partial charge in [0.05, 0.1) is 18.1 Å². The van der Waals surface area contributed by atoms with E-state index in [0.29, 0.717) is 29.4 Å². The van der Waals surface area contributed by atoms with Crippen molar-refractivity contribution in [3.8, 4) is 0 Å². The molecule has 10 heteroatoms. The highest BCUT2D eigenvalue weighted by Crippen LogP contribution is 2.43. The van der Waals surface area contributed by atoms with Gasteiger partial charge >= 0.3 is 6.09 Å². The number of fused-ring (bicyclic) bond motifs is 1. The first-order chi connectivity index (χ1) is 16.0. The molecule has 35 heavy (non-hydrogen) atoms. The van der Waals surface area contributed by atoms with Crippen LogP contribution < -0.4 is 0 Å². The summed E-state index contributed by atoms with van der Waals surface area (Å²) in [5.74, 6) is -1.07. The molecule has 0 radical (unpaired) electrons. The molecule has 1 aliphatic rings. The van der Waals surface area contributed by atoms with E-state index in [4.69, 9.17) is 9.16 Å². The SMILES string of the molecule is CC(C)(C)OC(=O)N1CC[C@H](O[Si](C)(C)C(C)(C)C)[C@H]1[C@H](C[N+](=O)[O-])c1c[nH]c2cc(F)ccc12. The highest BCUT2D eigenvalue weighted by molar-refractivity contribution is 6.74. The Balaban J connectivity index is 2.11. The predicted molar refractivity (Wildman–Crippen MR) is 136 cm³/mol. The van der Waals surface area contributed by atoms with Crippen LogP contribution in [0, 0.1) is 15.9 Å². The molecule has 0 unspecified atom stereocenters. The smallest absolute Gasteiger partial charge is 0.410 e. The van der Waals surface area contributed by atoms with Crippen LogP contribution in [-0.2, 0) is 9.16 Å². The Morgan fingerprint density at radius 2 is 1.94 bits per heavy atom. The van der Waals surface area contributed by atoms with E-state index < -0.39 is 50.4 Å². The highest BCUT2D eigenvalue weighted by Gasteiger charge is 2.50. The summed E-state index contributed by atoms with van der Waals surface area (Å²) in [5, 5.41) is 12.5. The van der Waals surface area contributed by atoms with Crippen LogP contribution in [0.2, 0.25) is 18.1 Å². The zero-order valence-corrected chi connectivity index (χ0v) is 23.0. The first kappa shape index (κ1) is 27.1. The van der Waals surface area contributed by atoms with Crippen LogP contribution in [0.25, 0.3) is 10.9 Å². The number of halogens is 1. The van der Waals surface area contributed by atoms with E-state index in [1.807, 2.05) is 0 Å². The number of nitrogens with one attached hydrogen (secondary N) is 1. The van der Waals surface area contributed by atoms with Crippen molar-refractivity contribution in [2.45, 2.75) is 89.8 Å². The van der Waals surface area contributed by atoms with Gasteiger partial charge in [-0.1, -0.05) is 20.8 Å². The number of nitrogens with zero attached hydrogens (tertiary/aromatic N) is 2. The van der Waals surface area contributed by atoms with Crippen molar-refractivity contribution in [3.05, 3.63) is 45.9 Å². The van der Waals surface area contributed by atoms with Gasteiger partial charge in [-0.15, -0.1) is 0 Å². The molecule has 1 aromatic heterocycles. The number of rotatable bonds is 6. The maximum Gasteiger partial charge on any atom is 0.410 e. The number of aromatic amines is 1. The number of hydrogen-bond acceptors (Lipinski definition) is 5. The van der Waals surface area contributed by atoms with Crippen LogP contribution >= 0.6 is 0 Å². The van der Waals surface area contributed by atoms with Crippen LogP contribution in [-0.4, -0.2) is 60.1 Å². The Labute approximate surface area is 207 Å². The maximum absolute atomic E-state index is 13.8. The molecular formula is C25H38FN3O5Si. The molecule has 1 amide bonds. The Hall–Kier alpha value is -2.46. The van der Waals surface area contributed by atoms with E-state index in [9.17, 15) is 19.3 Å². The molecule has 0 spiro atoms. The molecule has 0 saturated carbocycles. The second kappa shape index (κ2) is 9.53. The first-order valence-corrected chi connectivity index (χ1v) is 15.0. The number of nitro groups is 1. The van der Waals surface area contributed by atoms with Crippen molar-refractivity contribution in [2.75, 3.05) is 13.1 Å². The van der Waals surface area contributed by atoms with E-state index in [1.54, 1.807) is 37.9 Å². The van der Waals surface area contributed by atoms with Gasteiger partial charge in [0.1, 0.15) is 11.4 Å². The maximum atomic E-state index is 13.8. The topological polar surface area (TPSA) is 97.7 Å². The number of likely N-dealkylation sites (tertiary alicyclic amines) is 1. The average molecular weight is 508 g/mol. The van der Waals surface area contributed by atoms with Gasteiger partial charge in [-0.2, -0.15) is 0 Å². The predicted octanol–water partition coefficient (Wildman–Crippen LogP) is 6.07. The van der Waals surface area contributed by atoms with E-state index in [0.717, 1.165) is 0 Å². The van der Waals surface area contributed by atoms with E-state index in [2.05, 4.69) is 38.8 Å². The fourth-order valence-electron chi connectivity index (χ4n) is 4.46. The van der Waals surface area contributed by atoms with Gasteiger partial charge in [-0.05, 0) is 69.1 Å². The van der Waals surface area contributed by atoms with E-state index >= 15 is 0 Å². The first-order valence-electron chi connectivity index (χ1n) is 12.1. The van der Waals surface area contributed by atoms with Crippen molar-refractivity contribution in [1.82, 2.24) is 9.88 Å². The van der Waals surface area contributed by atoms with Crippen LogP contribution in [0.15, 0.2) is 24.4 Å². The van der Waals surface area contributed by atoms with Gasteiger partial charge in [-0.25, -0.2) is 9.18 Å². The van der Waals surface area contributed by atoms with Crippen molar-refractivity contribution in [3.63, 3.8) is 0 Å². The van der Waals surface area contributed by atoms with Gasteiger partial charge < -0.3 is 19.0 Å². The van der Waals surface area contributed by atoms with Gasteiger partial charge in [0.2, 0.25) is 6.54 Å². The number of ether oxygens (including phenoxy) is 1. The third-order valence-electron chi connectivity index (χ3n) is 7.11. The molecule has 2 heterocycles. The Morgan fingerprint density at radius 1 is 1.29 bits per heavy atom. The summed E-state index contributed by atoms with van der Waals surface area (Å²) < 4.78 is 26.3. The van der Waals surface area contributed by atoms with Crippen LogP contribution in [0.3, 0.4) is 0 Å². The van der Waals surface area contributed by atoms with Gasteiger partial charge in [0.15, 0.2) is 8.32 Å². The van der Waals surface area contributed by atoms with Gasteiger partial charge in [0, 0.05) is 28.6 Å². The van der Waals surface area contributed by atoms with Gasteiger partial charge in [-0.3, -0.25) is 10.1 Å². The minimum absolute atomic E-state index is 0.0756. The van der Waals surface area contributed by atoms with Crippen LogP contribution in [0.5, 0.6) is 0 Å². The molecule has 1 saturated heterocycles. The second-order valence-electron chi connectivity index (χ2n) is 11.9. The molecule has 3 rings (SSSR count). The third kappa shape index (κ3) is 6.03. The number of amides is 1. The van der Waals surface area contributed by atoms with E-state index in [-0.39, 0.29) is 9.96 Å². The van der Waals surface area contributed by atoms with Crippen LogP contribution in [0.1, 0.15) is 59.4 Å². The zero-order valence-electron chi connectivity index (χ0n) is 22.0. The molecule has 8 nitrogen and oxygen atoms in total. The minimum Gasteiger partial charge on any atom is -0.444 e. The largest absolute Gasteiger partial charge is 0.444 e. The molecule has 1 aliphatic heterocycles. The monoisotopic (exact) mass is 507 g/mol. The zero-order chi connectivity index (χ0) is 26.3. The number of aromatic nitrogens is 1. The number of hydrogen-bond donors (Lipinski definition) is 1. The molecule has 0 aliphatic carbocycles. The fraction of sp³-hybridized carbons (Fsp3) is 0.640. The third-order valence-corrected chi connectivity index (χ3v) is 11.6. The number of benzene rings is 1. The lowest BCUT2D eigenvalue weighted by molar-refractivity contribution is -0.484. The number of carbonyl (C=O) groups is 1. The molecule has 1 aromatic carbocycles. The van der Waals surface area contributed by atoms with Crippen molar-refractivity contribution in [1.29, 1.82) is 0 Å². The highest BCUT2D eigenvalue weighted by atomic mass is 28.4. The standard InChI is InChI=1S/C25H38FN3O5Si/c1-24(2,3)33-23(30)28-12-11-21(34-35(7,8)25(4,5)6)22(28)19(15-29(31)32)18-14-27-20-13-16(26)9-10-17(18)20/h9-10,13-14,19,21-22,27H,11-12,15H2,1-8H3/t19-,21+,22-/m1/s1. The Kier molecular flexibility index (Phi) is 7.39. The summed E-state index contributed by atoms with van der Waals surface area (Å²) in [5.41, 5.74) is 0.509. The molecule has 194 valence electrons. The van der Waals surface area contributed by atoms with Crippen molar-refractivity contribution in [2.24, 2.45) is 0 Å². The van der Waals surface area contributed by atoms with Crippen molar-refractivity contribution < 1.29 is 23.3 Å². The summed E-state index contributed by atoms with van der Waals surface area (Å²) in [7, 11) is -2.26. The lowest BCUT2D eigenvalue weighted by Gasteiger charge is -2.41. The Morgan fingerprint density at radius 3 is 2.51 bits per heavy atom. The summed E-state index contributed by atoms with van der Waals surface area (Å²) in [4.78, 5) is 29.4. The molecule has 0 bridgehead atoms. The molecule has 3 atom stereocenters. The summed E-state index contributed by atoms with van der Waals surface area (Å²) >= 11 is 0. The van der Waals surface area contributed by atoms with Gasteiger partial charge in [0.25, 0.3) is 0 Å². The summed E-state index contributed by atoms with van der Waals surface area (Å²) in [6, 6.07) is 3.73. The Bertz CT molecular complexity index is 1090. The lowest BCUT2D eigenvalue weighted by Crippen LogP contribution is -2.52. The van der Waals surface area contributed by atoms with Crippen molar-refractivity contribution >= 4 is 25.3 Å². The minimum atomic E-state index is -2.26. The average Bonchev–Trinajstić information content (AvgIpc) is 3.27. The number of H-pyrrole nitrogens is 1. The summed E-state index contributed by atoms with van der Waals surface area (Å²) in [6.07, 6.45) is 1.34. The molecular weight excluding hydrogens is 469 g/mol. The number of carbonyl (C=O) groups excluding carboxylic acids is 1. The quantitative estimate of drug-likeness (QED) is 0.291. The molecule has 1 fully saturated rings.